The van der Waals surface area contributed by atoms with Crippen LogP contribution in [0, 0.1) is 0 Å². The second-order valence-electron chi connectivity index (χ2n) is 2.38. The number of hydrogen-bond donors (Lipinski definition) is 0. The number of rotatable bonds is 2. The zero-order chi connectivity index (χ0) is 8.23. The molecule has 0 aliphatic rings. The SMILES string of the molecule is C(=C/n1ccnc1)/c1ccsc1. The molecule has 0 amide bonds. The molecule has 0 saturated heterocycles. The lowest BCUT2D eigenvalue weighted by atomic mass is 10.3. The van der Waals surface area contributed by atoms with Gasteiger partial charge in [-0.2, -0.15) is 11.3 Å². The van der Waals surface area contributed by atoms with Crippen molar-refractivity contribution in [3.05, 3.63) is 41.1 Å². The lowest BCUT2D eigenvalue weighted by Crippen LogP contribution is -1.76. The normalized spacial score (nSPS) is 11.0. The number of hydrogen-bond acceptors (Lipinski definition) is 2. The Kier molecular flexibility index (Phi) is 2.05. The fraction of sp³-hybridized carbons (Fsp3) is 0. The molecule has 0 unspecified atom stereocenters. The first-order valence-electron chi connectivity index (χ1n) is 3.63. The molecule has 0 atom stereocenters. The standard InChI is InChI=1S/C9H8N2S/c1(9-2-6-12-7-9)4-11-5-3-10-8-11/h1-8H/b4-1-. The molecule has 0 radical (unpaired) electrons. The van der Waals surface area contributed by atoms with Crippen LogP contribution in [0.2, 0.25) is 0 Å². The minimum Gasteiger partial charge on any atom is -0.313 e. The number of imidazole rings is 1. The van der Waals surface area contributed by atoms with E-state index in [1.54, 1.807) is 23.9 Å². The summed E-state index contributed by atoms with van der Waals surface area (Å²) in [6.45, 7) is 0. The van der Waals surface area contributed by atoms with Crippen LogP contribution in [0.5, 0.6) is 0 Å². The average Bonchev–Trinajstić information content (AvgIpc) is 2.74. The van der Waals surface area contributed by atoms with E-state index in [4.69, 9.17) is 0 Å². The third-order valence-corrected chi connectivity index (χ3v) is 2.21. The van der Waals surface area contributed by atoms with Crippen LogP contribution in [0.25, 0.3) is 12.3 Å². The summed E-state index contributed by atoms with van der Waals surface area (Å²) in [7, 11) is 0. The molecule has 0 fully saturated rings. The summed E-state index contributed by atoms with van der Waals surface area (Å²) in [4.78, 5) is 3.94. The first-order chi connectivity index (χ1) is 5.95. The maximum atomic E-state index is 3.94. The van der Waals surface area contributed by atoms with Gasteiger partial charge in [-0.1, -0.05) is 0 Å². The molecule has 3 heteroatoms. The lowest BCUT2D eigenvalue weighted by Gasteiger charge is -1.87. The largest absolute Gasteiger partial charge is 0.313 e. The third-order valence-electron chi connectivity index (χ3n) is 1.51. The summed E-state index contributed by atoms with van der Waals surface area (Å²) in [5.74, 6) is 0. The van der Waals surface area contributed by atoms with Crippen molar-refractivity contribution in [2.45, 2.75) is 0 Å². The van der Waals surface area contributed by atoms with E-state index in [2.05, 4.69) is 27.9 Å². The van der Waals surface area contributed by atoms with Gasteiger partial charge in [0.2, 0.25) is 0 Å². The average molecular weight is 176 g/mol. The summed E-state index contributed by atoms with van der Waals surface area (Å²) in [5.41, 5.74) is 1.23. The maximum absolute atomic E-state index is 3.94. The summed E-state index contributed by atoms with van der Waals surface area (Å²) in [6.07, 6.45) is 9.47. The molecule has 2 heterocycles. The molecule has 0 bridgehead atoms. The highest BCUT2D eigenvalue weighted by Gasteiger charge is 1.84. The highest BCUT2D eigenvalue weighted by atomic mass is 32.1. The minimum atomic E-state index is 1.23. The molecule has 2 aromatic heterocycles. The molecule has 0 aliphatic heterocycles. The zero-order valence-electron chi connectivity index (χ0n) is 6.42. The number of nitrogens with zero attached hydrogens (tertiary/aromatic N) is 2. The van der Waals surface area contributed by atoms with Crippen molar-refractivity contribution in [1.29, 1.82) is 0 Å². The van der Waals surface area contributed by atoms with Crippen LogP contribution in [-0.2, 0) is 0 Å². The van der Waals surface area contributed by atoms with Gasteiger partial charge in [0.1, 0.15) is 0 Å². The zero-order valence-corrected chi connectivity index (χ0v) is 7.24. The maximum Gasteiger partial charge on any atom is 0.0986 e. The highest BCUT2D eigenvalue weighted by Crippen LogP contribution is 2.08. The van der Waals surface area contributed by atoms with Gasteiger partial charge in [0, 0.05) is 18.6 Å². The lowest BCUT2D eigenvalue weighted by molar-refractivity contribution is 1.14. The first kappa shape index (κ1) is 7.31. The van der Waals surface area contributed by atoms with Gasteiger partial charge >= 0.3 is 0 Å². The molecule has 12 heavy (non-hydrogen) atoms. The van der Waals surface area contributed by atoms with Crippen LogP contribution in [0.15, 0.2) is 35.5 Å². The van der Waals surface area contributed by atoms with E-state index in [-0.39, 0.29) is 0 Å². The Hall–Kier alpha value is -1.35. The van der Waals surface area contributed by atoms with Crippen molar-refractivity contribution in [1.82, 2.24) is 9.55 Å². The molecule has 0 saturated carbocycles. The summed E-state index contributed by atoms with van der Waals surface area (Å²) >= 11 is 1.70. The van der Waals surface area contributed by atoms with E-state index < -0.39 is 0 Å². The second kappa shape index (κ2) is 3.36. The number of aromatic nitrogens is 2. The summed E-state index contributed by atoms with van der Waals surface area (Å²) in [6, 6.07) is 2.08. The van der Waals surface area contributed by atoms with Crippen LogP contribution < -0.4 is 0 Å². The molecule has 2 nitrogen and oxygen atoms in total. The highest BCUT2D eigenvalue weighted by molar-refractivity contribution is 7.08. The van der Waals surface area contributed by atoms with Crippen molar-refractivity contribution in [2.24, 2.45) is 0 Å². The molecule has 0 aromatic carbocycles. The smallest absolute Gasteiger partial charge is 0.0986 e. The topological polar surface area (TPSA) is 17.8 Å². The first-order valence-corrected chi connectivity index (χ1v) is 4.57. The van der Waals surface area contributed by atoms with Gasteiger partial charge in [-0.05, 0) is 28.5 Å². The minimum absolute atomic E-state index is 1.23. The Morgan fingerprint density at radius 3 is 3.17 bits per heavy atom. The molecule has 0 spiro atoms. The summed E-state index contributed by atoms with van der Waals surface area (Å²) in [5, 5.41) is 4.17. The third kappa shape index (κ3) is 1.62. The molecule has 0 aliphatic carbocycles. The predicted molar refractivity (Wildman–Crippen MR) is 51.8 cm³/mol. The molecular formula is C9H8N2S. The monoisotopic (exact) mass is 176 g/mol. The Balaban J connectivity index is 2.14. The Bertz CT molecular complexity index is 310. The van der Waals surface area contributed by atoms with Gasteiger partial charge in [-0.25, -0.2) is 4.98 Å². The van der Waals surface area contributed by atoms with Crippen LogP contribution in [0.4, 0.5) is 0 Å². The predicted octanol–water partition coefficient (Wildman–Crippen LogP) is 2.57. The van der Waals surface area contributed by atoms with E-state index in [0.29, 0.717) is 0 Å². The van der Waals surface area contributed by atoms with Crippen molar-refractivity contribution in [2.75, 3.05) is 0 Å². The van der Waals surface area contributed by atoms with Crippen molar-refractivity contribution >= 4 is 23.6 Å². The van der Waals surface area contributed by atoms with E-state index in [1.807, 2.05) is 17.0 Å². The quantitative estimate of drug-likeness (QED) is 0.687. The Labute approximate surface area is 74.8 Å². The van der Waals surface area contributed by atoms with Gasteiger partial charge in [0.25, 0.3) is 0 Å². The van der Waals surface area contributed by atoms with E-state index in [9.17, 15) is 0 Å². The molecule has 60 valence electrons. The molecular weight excluding hydrogens is 168 g/mol. The van der Waals surface area contributed by atoms with E-state index in [0.717, 1.165) is 0 Å². The van der Waals surface area contributed by atoms with E-state index >= 15 is 0 Å². The fourth-order valence-electron chi connectivity index (χ4n) is 0.900. The van der Waals surface area contributed by atoms with Crippen LogP contribution in [-0.4, -0.2) is 9.55 Å². The molecule has 2 aromatic rings. The van der Waals surface area contributed by atoms with Crippen molar-refractivity contribution in [3.8, 4) is 0 Å². The summed E-state index contributed by atoms with van der Waals surface area (Å²) < 4.78 is 1.91. The second-order valence-corrected chi connectivity index (χ2v) is 3.16. The van der Waals surface area contributed by atoms with Crippen LogP contribution in [0.3, 0.4) is 0 Å². The Morgan fingerprint density at radius 2 is 2.50 bits per heavy atom. The van der Waals surface area contributed by atoms with Gasteiger partial charge in [0.15, 0.2) is 0 Å². The molecule has 0 N–H and O–H groups in total. The van der Waals surface area contributed by atoms with E-state index in [1.165, 1.54) is 5.56 Å². The Morgan fingerprint density at radius 1 is 1.50 bits per heavy atom. The van der Waals surface area contributed by atoms with Gasteiger partial charge < -0.3 is 4.57 Å². The molecule has 2 rings (SSSR count). The van der Waals surface area contributed by atoms with Crippen molar-refractivity contribution in [3.63, 3.8) is 0 Å². The van der Waals surface area contributed by atoms with Gasteiger partial charge in [-0.15, -0.1) is 0 Å². The van der Waals surface area contributed by atoms with Crippen LogP contribution >= 0.6 is 11.3 Å². The van der Waals surface area contributed by atoms with Crippen molar-refractivity contribution < 1.29 is 0 Å². The van der Waals surface area contributed by atoms with Gasteiger partial charge in [-0.3, -0.25) is 0 Å². The fourth-order valence-corrected chi connectivity index (χ4v) is 1.53. The van der Waals surface area contributed by atoms with Crippen LogP contribution in [0.1, 0.15) is 5.56 Å². The number of thiophene rings is 1. The van der Waals surface area contributed by atoms with Gasteiger partial charge in [0.05, 0.1) is 6.33 Å².